The maximum atomic E-state index is 5.42. The largest absolute Gasteiger partial charge is 0.459 e. The van der Waals surface area contributed by atoms with Gasteiger partial charge in [-0.05, 0) is 49.4 Å². The van der Waals surface area contributed by atoms with Gasteiger partial charge in [-0.3, -0.25) is 9.88 Å². The number of aryl methyl sites for hydroxylation is 1. The van der Waals surface area contributed by atoms with Gasteiger partial charge in [0.05, 0.1) is 6.26 Å². The minimum absolute atomic E-state index is 0.408. The quantitative estimate of drug-likeness (QED) is 0.711. The number of hydrogen-bond acceptors (Lipinski definition) is 6. The minimum Gasteiger partial charge on any atom is -0.459 e. The number of furan rings is 1. The van der Waals surface area contributed by atoms with Gasteiger partial charge in [0.2, 0.25) is 5.82 Å². The zero-order valence-electron chi connectivity index (χ0n) is 14.9. The van der Waals surface area contributed by atoms with Gasteiger partial charge in [-0.1, -0.05) is 18.0 Å². The lowest BCUT2D eigenvalue weighted by atomic mass is 9.93. The highest BCUT2D eigenvalue weighted by Gasteiger charge is 2.29. The van der Waals surface area contributed by atoms with Crippen molar-refractivity contribution in [3.8, 4) is 23.0 Å². The number of nitrogens with zero attached hydrogens (tertiary/aromatic N) is 4. The van der Waals surface area contributed by atoms with E-state index < -0.39 is 0 Å². The van der Waals surface area contributed by atoms with Crippen LogP contribution in [0.4, 0.5) is 0 Å². The van der Waals surface area contributed by atoms with Crippen molar-refractivity contribution in [1.82, 2.24) is 20.0 Å². The number of pyridine rings is 1. The molecule has 134 valence electrons. The average molecular weight is 350 g/mol. The van der Waals surface area contributed by atoms with Crippen molar-refractivity contribution in [2.75, 3.05) is 6.54 Å². The van der Waals surface area contributed by atoms with Crippen LogP contribution in [-0.2, 0) is 13.0 Å². The Bertz CT molecular complexity index is 910. The molecular formula is C20H22N4O2. The molecule has 0 radical (unpaired) electrons. The highest BCUT2D eigenvalue weighted by atomic mass is 16.5. The first-order chi connectivity index (χ1) is 12.8. The Balaban J connectivity index is 1.49. The summed E-state index contributed by atoms with van der Waals surface area (Å²) in [7, 11) is 0. The van der Waals surface area contributed by atoms with E-state index in [4.69, 9.17) is 8.94 Å². The molecule has 0 bridgehead atoms. The van der Waals surface area contributed by atoms with Crippen molar-refractivity contribution in [3.63, 3.8) is 0 Å². The molecule has 0 unspecified atom stereocenters. The average Bonchev–Trinajstić information content (AvgIpc) is 3.42. The van der Waals surface area contributed by atoms with Crippen molar-refractivity contribution in [1.29, 1.82) is 0 Å². The molecule has 2 aliphatic rings. The van der Waals surface area contributed by atoms with Crippen LogP contribution in [0.3, 0.4) is 0 Å². The molecule has 3 aromatic heterocycles. The van der Waals surface area contributed by atoms with E-state index in [1.165, 1.54) is 36.8 Å². The molecule has 0 N–H and O–H groups in total. The Labute approximate surface area is 152 Å². The molecule has 3 aromatic rings. The first-order valence-corrected chi connectivity index (χ1v) is 9.39. The second-order valence-corrected chi connectivity index (χ2v) is 7.28. The molecule has 5 rings (SSSR count). The first-order valence-electron chi connectivity index (χ1n) is 9.39. The Morgan fingerprint density at radius 2 is 2.12 bits per heavy atom. The Hall–Kier alpha value is -2.47. The molecule has 1 saturated carbocycles. The normalized spacial score (nSPS) is 18.3. The van der Waals surface area contributed by atoms with Gasteiger partial charge in [-0.15, -0.1) is 0 Å². The standard InChI is InChI=1S/C20H22N4O2/c1-13-18(19-22-20(26-23-19)17-7-4-10-25-17)16-8-9-24(12-14(16)11-21-13)15-5-2-3-6-15/h4,7,10-11,15H,2-3,5-6,8-9,12H2,1H3. The Kier molecular flexibility index (Phi) is 3.85. The summed E-state index contributed by atoms with van der Waals surface area (Å²) < 4.78 is 10.8. The van der Waals surface area contributed by atoms with Crippen molar-refractivity contribution in [2.24, 2.45) is 0 Å². The van der Waals surface area contributed by atoms with Crippen LogP contribution in [-0.4, -0.2) is 32.6 Å². The van der Waals surface area contributed by atoms with Gasteiger partial charge in [0.15, 0.2) is 5.76 Å². The maximum Gasteiger partial charge on any atom is 0.293 e. The molecule has 0 amide bonds. The van der Waals surface area contributed by atoms with E-state index in [0.29, 0.717) is 17.5 Å². The van der Waals surface area contributed by atoms with E-state index in [0.717, 1.165) is 36.8 Å². The monoisotopic (exact) mass is 350 g/mol. The van der Waals surface area contributed by atoms with E-state index in [1.807, 2.05) is 25.3 Å². The lowest BCUT2D eigenvalue weighted by Gasteiger charge is -2.34. The van der Waals surface area contributed by atoms with Gasteiger partial charge in [0, 0.05) is 36.6 Å². The summed E-state index contributed by atoms with van der Waals surface area (Å²) >= 11 is 0. The van der Waals surface area contributed by atoms with Crippen molar-refractivity contribution in [2.45, 2.75) is 51.6 Å². The fourth-order valence-electron chi connectivity index (χ4n) is 4.37. The third-order valence-corrected chi connectivity index (χ3v) is 5.71. The molecule has 0 spiro atoms. The molecule has 6 heteroatoms. The fraction of sp³-hybridized carbons (Fsp3) is 0.450. The van der Waals surface area contributed by atoms with Crippen LogP contribution >= 0.6 is 0 Å². The zero-order valence-corrected chi connectivity index (χ0v) is 14.9. The third-order valence-electron chi connectivity index (χ3n) is 5.71. The van der Waals surface area contributed by atoms with E-state index in [1.54, 1.807) is 6.26 Å². The molecular weight excluding hydrogens is 328 g/mol. The van der Waals surface area contributed by atoms with E-state index in [9.17, 15) is 0 Å². The molecule has 1 aliphatic heterocycles. The van der Waals surface area contributed by atoms with Crippen molar-refractivity contribution in [3.05, 3.63) is 41.4 Å². The summed E-state index contributed by atoms with van der Waals surface area (Å²) in [5, 5.41) is 4.21. The van der Waals surface area contributed by atoms with E-state index >= 15 is 0 Å². The molecule has 0 saturated heterocycles. The third kappa shape index (κ3) is 2.65. The van der Waals surface area contributed by atoms with Crippen molar-refractivity contribution >= 4 is 0 Å². The van der Waals surface area contributed by atoms with Gasteiger partial charge in [-0.2, -0.15) is 4.98 Å². The maximum absolute atomic E-state index is 5.42. The molecule has 4 heterocycles. The van der Waals surface area contributed by atoms with Crippen LogP contribution in [0.25, 0.3) is 23.0 Å². The minimum atomic E-state index is 0.408. The SMILES string of the molecule is Cc1ncc2c(c1-c1noc(-c3ccco3)n1)CCN(C1CCCC1)C2. The highest BCUT2D eigenvalue weighted by Crippen LogP contribution is 2.34. The van der Waals surface area contributed by atoms with Crippen molar-refractivity contribution < 1.29 is 8.94 Å². The van der Waals surface area contributed by atoms with E-state index in [-0.39, 0.29) is 0 Å². The van der Waals surface area contributed by atoms with Gasteiger partial charge >= 0.3 is 0 Å². The molecule has 1 fully saturated rings. The summed E-state index contributed by atoms with van der Waals surface area (Å²) in [4.78, 5) is 11.8. The molecule has 0 atom stereocenters. The molecule has 1 aliphatic carbocycles. The predicted octanol–water partition coefficient (Wildman–Crippen LogP) is 4.00. The second kappa shape index (κ2) is 6.36. The van der Waals surface area contributed by atoms with Crippen LogP contribution in [0.1, 0.15) is 42.5 Å². The summed E-state index contributed by atoms with van der Waals surface area (Å²) in [5.74, 6) is 1.60. The molecule has 26 heavy (non-hydrogen) atoms. The van der Waals surface area contributed by atoms with Crippen LogP contribution < -0.4 is 0 Å². The Morgan fingerprint density at radius 3 is 2.92 bits per heavy atom. The topological polar surface area (TPSA) is 68.2 Å². The van der Waals surface area contributed by atoms with E-state index in [2.05, 4.69) is 20.0 Å². The zero-order chi connectivity index (χ0) is 17.5. The fourth-order valence-corrected chi connectivity index (χ4v) is 4.37. The number of rotatable bonds is 3. The van der Waals surface area contributed by atoms with Crippen LogP contribution in [0.2, 0.25) is 0 Å². The highest BCUT2D eigenvalue weighted by molar-refractivity contribution is 5.66. The van der Waals surface area contributed by atoms with Crippen LogP contribution in [0, 0.1) is 6.92 Å². The predicted molar refractivity (Wildman–Crippen MR) is 96.3 cm³/mol. The van der Waals surface area contributed by atoms with Gasteiger partial charge in [0.25, 0.3) is 5.89 Å². The molecule has 0 aromatic carbocycles. The second-order valence-electron chi connectivity index (χ2n) is 7.28. The summed E-state index contributed by atoms with van der Waals surface area (Å²) in [6, 6.07) is 4.37. The smallest absolute Gasteiger partial charge is 0.293 e. The number of fused-ring (bicyclic) bond motifs is 1. The number of hydrogen-bond donors (Lipinski definition) is 0. The Morgan fingerprint density at radius 1 is 1.23 bits per heavy atom. The van der Waals surface area contributed by atoms with Gasteiger partial charge in [-0.25, -0.2) is 0 Å². The van der Waals surface area contributed by atoms with Crippen LogP contribution in [0.15, 0.2) is 33.5 Å². The molecule has 6 nitrogen and oxygen atoms in total. The van der Waals surface area contributed by atoms with Gasteiger partial charge < -0.3 is 8.94 Å². The van der Waals surface area contributed by atoms with Gasteiger partial charge in [0.1, 0.15) is 0 Å². The summed E-state index contributed by atoms with van der Waals surface area (Å²) in [5.41, 5.74) is 4.59. The summed E-state index contributed by atoms with van der Waals surface area (Å²) in [6.07, 6.45) is 10.0. The first kappa shape index (κ1) is 15.8. The lowest BCUT2D eigenvalue weighted by molar-refractivity contribution is 0.181. The van der Waals surface area contributed by atoms with Crippen LogP contribution in [0.5, 0.6) is 0 Å². The lowest BCUT2D eigenvalue weighted by Crippen LogP contribution is -2.38. The summed E-state index contributed by atoms with van der Waals surface area (Å²) in [6.45, 7) is 4.09. The number of aromatic nitrogens is 3.